The van der Waals surface area contributed by atoms with E-state index in [1.807, 2.05) is 0 Å². The van der Waals surface area contributed by atoms with E-state index in [9.17, 15) is 14.4 Å². The largest absolute Gasteiger partial charge is 0.481 e. The Morgan fingerprint density at radius 2 is 1.36 bits per heavy atom. The second kappa shape index (κ2) is 9.55. The van der Waals surface area contributed by atoms with Crippen LogP contribution >= 0.6 is 0 Å². The molecule has 0 amide bonds. The first-order valence-corrected chi connectivity index (χ1v) is 7.25. The van der Waals surface area contributed by atoms with Crippen LogP contribution in [0.4, 0.5) is 0 Å². The van der Waals surface area contributed by atoms with Gasteiger partial charge in [-0.2, -0.15) is 0 Å². The van der Waals surface area contributed by atoms with Gasteiger partial charge in [0.05, 0.1) is 5.56 Å². The van der Waals surface area contributed by atoms with Crippen molar-refractivity contribution in [2.75, 3.05) is 0 Å². The maximum atomic E-state index is 11.6. The number of aliphatic carboxylic acids is 1. The molecule has 0 aliphatic rings. The summed E-state index contributed by atoms with van der Waals surface area (Å²) >= 11 is 0. The standard InChI is InChI=1S/C16H20O6/c17-14(18)6-4-2-1-3-5-7-15(19)22-13-10-8-12(9-11-13)16(20)21/h8-11H,1-7H2,(H,17,18)(H,20,21). The van der Waals surface area contributed by atoms with Crippen molar-refractivity contribution < 1.29 is 29.3 Å². The first-order chi connectivity index (χ1) is 10.5. The van der Waals surface area contributed by atoms with E-state index in [0.29, 0.717) is 25.0 Å². The van der Waals surface area contributed by atoms with E-state index < -0.39 is 11.9 Å². The number of rotatable bonds is 10. The topological polar surface area (TPSA) is 101 Å². The van der Waals surface area contributed by atoms with Crippen LogP contribution in [0, 0.1) is 0 Å². The molecule has 0 atom stereocenters. The number of carboxylic acid groups (broad SMARTS) is 2. The summed E-state index contributed by atoms with van der Waals surface area (Å²) in [5.41, 5.74) is 0.140. The van der Waals surface area contributed by atoms with Crippen LogP contribution in [0.5, 0.6) is 5.75 Å². The van der Waals surface area contributed by atoms with Gasteiger partial charge in [-0.15, -0.1) is 0 Å². The molecule has 1 aromatic carbocycles. The lowest BCUT2D eigenvalue weighted by atomic mass is 10.1. The molecule has 0 saturated heterocycles. The number of unbranched alkanes of at least 4 members (excludes halogenated alkanes) is 4. The van der Waals surface area contributed by atoms with E-state index in [-0.39, 0.29) is 18.0 Å². The van der Waals surface area contributed by atoms with Crippen LogP contribution in [0.25, 0.3) is 0 Å². The molecule has 0 heterocycles. The highest BCUT2D eigenvalue weighted by molar-refractivity contribution is 5.87. The average Bonchev–Trinajstić information content (AvgIpc) is 2.46. The molecule has 0 spiro atoms. The molecule has 6 heteroatoms. The maximum Gasteiger partial charge on any atom is 0.335 e. The SMILES string of the molecule is O=C(O)CCCCCCCC(=O)Oc1ccc(C(=O)O)cc1. The highest BCUT2D eigenvalue weighted by Gasteiger charge is 2.07. The van der Waals surface area contributed by atoms with Gasteiger partial charge < -0.3 is 14.9 Å². The van der Waals surface area contributed by atoms with Crippen molar-refractivity contribution >= 4 is 17.9 Å². The summed E-state index contributed by atoms with van der Waals surface area (Å²) in [6.07, 6.45) is 4.43. The lowest BCUT2D eigenvalue weighted by Gasteiger charge is -2.04. The number of aromatic carboxylic acids is 1. The van der Waals surface area contributed by atoms with E-state index in [0.717, 1.165) is 19.3 Å². The summed E-state index contributed by atoms with van der Waals surface area (Å²) in [4.78, 5) is 32.6. The maximum absolute atomic E-state index is 11.6. The number of carbonyl (C=O) groups is 3. The first kappa shape index (κ1) is 17.7. The molecule has 6 nitrogen and oxygen atoms in total. The van der Waals surface area contributed by atoms with Gasteiger partial charge in [0.15, 0.2) is 0 Å². The number of carbonyl (C=O) groups excluding carboxylic acids is 1. The molecule has 2 N–H and O–H groups in total. The van der Waals surface area contributed by atoms with Crippen molar-refractivity contribution in [2.24, 2.45) is 0 Å². The van der Waals surface area contributed by atoms with Crippen molar-refractivity contribution in [3.8, 4) is 5.75 Å². The molecular weight excluding hydrogens is 288 g/mol. The Hall–Kier alpha value is -2.37. The van der Waals surface area contributed by atoms with Gasteiger partial charge in [-0.25, -0.2) is 4.79 Å². The average molecular weight is 308 g/mol. The molecule has 1 rings (SSSR count). The highest BCUT2D eigenvalue weighted by atomic mass is 16.5. The highest BCUT2D eigenvalue weighted by Crippen LogP contribution is 2.14. The third-order valence-electron chi connectivity index (χ3n) is 3.10. The summed E-state index contributed by atoms with van der Waals surface area (Å²) in [5, 5.41) is 17.2. The van der Waals surface area contributed by atoms with Crippen LogP contribution in [0.15, 0.2) is 24.3 Å². The lowest BCUT2D eigenvalue weighted by molar-refractivity contribution is -0.137. The van der Waals surface area contributed by atoms with Gasteiger partial charge in [-0.05, 0) is 37.1 Å². The summed E-state index contributed by atoms with van der Waals surface area (Å²) < 4.78 is 5.10. The number of esters is 1. The Morgan fingerprint density at radius 3 is 1.91 bits per heavy atom. The van der Waals surface area contributed by atoms with Gasteiger partial charge in [-0.1, -0.05) is 19.3 Å². The minimum Gasteiger partial charge on any atom is -0.481 e. The Balaban J connectivity index is 2.15. The van der Waals surface area contributed by atoms with Crippen LogP contribution < -0.4 is 4.74 Å². The van der Waals surface area contributed by atoms with E-state index in [1.54, 1.807) is 0 Å². The van der Waals surface area contributed by atoms with Crippen molar-refractivity contribution in [1.82, 2.24) is 0 Å². The van der Waals surface area contributed by atoms with Gasteiger partial charge in [0.1, 0.15) is 5.75 Å². The minimum atomic E-state index is -1.03. The second-order valence-corrected chi connectivity index (χ2v) is 4.97. The van der Waals surface area contributed by atoms with Gasteiger partial charge in [0.2, 0.25) is 0 Å². The number of carboxylic acids is 2. The monoisotopic (exact) mass is 308 g/mol. The quantitative estimate of drug-likeness (QED) is 0.391. The molecule has 0 bridgehead atoms. The fourth-order valence-corrected chi connectivity index (χ4v) is 1.92. The van der Waals surface area contributed by atoms with Crippen LogP contribution in [0.1, 0.15) is 55.3 Å². The lowest BCUT2D eigenvalue weighted by Crippen LogP contribution is -2.07. The molecule has 22 heavy (non-hydrogen) atoms. The van der Waals surface area contributed by atoms with Crippen molar-refractivity contribution in [2.45, 2.75) is 44.9 Å². The van der Waals surface area contributed by atoms with Crippen molar-refractivity contribution in [3.05, 3.63) is 29.8 Å². The smallest absolute Gasteiger partial charge is 0.335 e. The summed E-state index contributed by atoms with van der Waals surface area (Å²) in [6, 6.07) is 5.67. The van der Waals surface area contributed by atoms with Crippen LogP contribution in [-0.2, 0) is 9.59 Å². The van der Waals surface area contributed by atoms with Crippen molar-refractivity contribution in [1.29, 1.82) is 0 Å². The van der Waals surface area contributed by atoms with E-state index in [2.05, 4.69) is 0 Å². The molecule has 0 radical (unpaired) electrons. The van der Waals surface area contributed by atoms with Crippen LogP contribution in [0.3, 0.4) is 0 Å². The van der Waals surface area contributed by atoms with Crippen LogP contribution in [0.2, 0.25) is 0 Å². The van der Waals surface area contributed by atoms with Gasteiger partial charge in [-0.3, -0.25) is 9.59 Å². The fraction of sp³-hybridized carbons (Fsp3) is 0.438. The van der Waals surface area contributed by atoms with E-state index in [4.69, 9.17) is 14.9 Å². The number of hydrogen-bond acceptors (Lipinski definition) is 4. The zero-order valence-corrected chi connectivity index (χ0v) is 12.3. The van der Waals surface area contributed by atoms with E-state index >= 15 is 0 Å². The predicted molar refractivity (Wildman–Crippen MR) is 79.0 cm³/mol. The van der Waals surface area contributed by atoms with Gasteiger partial charge >= 0.3 is 17.9 Å². The minimum absolute atomic E-state index is 0.140. The predicted octanol–water partition coefficient (Wildman–Crippen LogP) is 3.11. The first-order valence-electron chi connectivity index (χ1n) is 7.25. The molecule has 0 aliphatic heterocycles. The summed E-state index contributed by atoms with van der Waals surface area (Å²) in [7, 11) is 0. The molecule has 120 valence electrons. The van der Waals surface area contributed by atoms with E-state index in [1.165, 1.54) is 24.3 Å². The Labute approximate surface area is 128 Å². The van der Waals surface area contributed by atoms with Crippen LogP contribution in [-0.4, -0.2) is 28.1 Å². The number of ether oxygens (including phenoxy) is 1. The molecular formula is C16H20O6. The zero-order chi connectivity index (χ0) is 16.4. The molecule has 0 saturated carbocycles. The Morgan fingerprint density at radius 1 is 0.818 bits per heavy atom. The summed E-state index contributed by atoms with van der Waals surface area (Å²) in [5.74, 6) is -1.83. The molecule has 0 fully saturated rings. The Bertz CT molecular complexity index is 506. The Kier molecular flexibility index (Phi) is 7.67. The normalized spacial score (nSPS) is 10.2. The second-order valence-electron chi connectivity index (χ2n) is 4.97. The number of benzene rings is 1. The number of hydrogen-bond donors (Lipinski definition) is 2. The zero-order valence-electron chi connectivity index (χ0n) is 12.3. The van der Waals surface area contributed by atoms with Gasteiger partial charge in [0.25, 0.3) is 0 Å². The molecule has 1 aromatic rings. The summed E-state index contributed by atoms with van der Waals surface area (Å²) in [6.45, 7) is 0. The molecule has 0 unspecified atom stereocenters. The third kappa shape index (κ3) is 7.42. The van der Waals surface area contributed by atoms with Gasteiger partial charge in [0, 0.05) is 12.8 Å². The molecule has 0 aliphatic carbocycles. The van der Waals surface area contributed by atoms with Crippen molar-refractivity contribution in [3.63, 3.8) is 0 Å². The molecule has 0 aromatic heterocycles. The fourth-order valence-electron chi connectivity index (χ4n) is 1.92. The third-order valence-corrected chi connectivity index (χ3v) is 3.10.